The molecule has 1 aromatic carbocycles. The van der Waals surface area contributed by atoms with E-state index in [0.717, 1.165) is 45.2 Å². The van der Waals surface area contributed by atoms with Crippen LogP contribution in [0, 0.1) is 23.2 Å². The molecule has 0 bridgehead atoms. The van der Waals surface area contributed by atoms with E-state index in [-0.39, 0.29) is 17.6 Å². The molecule has 4 aliphatic rings. The SMILES string of the molecule is CCC[C@@H]1Cc2cc(OC(=O)N3CCC(N(C)C)CC3)ccc2[C@H]2CC[C@]3(C)[C@@H](O)CC[C@H]3[C@H]12. The topological polar surface area (TPSA) is 53.0 Å². The fourth-order valence-corrected chi connectivity index (χ4v) is 8.19. The number of hydrogen-bond donors (Lipinski definition) is 1. The molecule has 1 saturated heterocycles. The van der Waals surface area contributed by atoms with E-state index >= 15 is 0 Å². The third-order valence-electron chi connectivity index (χ3n) is 10.1. The Bertz CT molecular complexity index is 893. The standard InChI is InChI=1S/C29H44N2O3/c1-5-6-19-17-20-18-22(34-28(33)31-15-12-21(13-16-31)30(3)4)7-8-23(20)24-11-14-29(2)25(27(19)24)9-10-26(29)32/h7-8,18-19,21,24-27,32H,5-6,9-17H2,1-4H3/t19-,24-,25+,26+,27-,29+/m1/s1. The minimum Gasteiger partial charge on any atom is -0.410 e. The number of aliphatic hydroxyl groups is 1. The molecular weight excluding hydrogens is 424 g/mol. The van der Waals surface area contributed by atoms with E-state index < -0.39 is 0 Å². The first-order valence-corrected chi connectivity index (χ1v) is 13.8. The molecule has 0 radical (unpaired) electrons. The Morgan fingerprint density at radius 2 is 1.94 bits per heavy atom. The van der Waals surface area contributed by atoms with Gasteiger partial charge in [0, 0.05) is 19.1 Å². The molecule has 3 aliphatic carbocycles. The Morgan fingerprint density at radius 3 is 2.65 bits per heavy atom. The summed E-state index contributed by atoms with van der Waals surface area (Å²) in [5, 5.41) is 10.8. The van der Waals surface area contributed by atoms with Crippen LogP contribution in [0.1, 0.15) is 82.3 Å². The van der Waals surface area contributed by atoms with Gasteiger partial charge in [-0.1, -0.05) is 32.8 Å². The summed E-state index contributed by atoms with van der Waals surface area (Å²) < 4.78 is 5.89. The molecule has 34 heavy (non-hydrogen) atoms. The summed E-state index contributed by atoms with van der Waals surface area (Å²) in [6, 6.07) is 6.99. The van der Waals surface area contributed by atoms with Crippen LogP contribution in [-0.2, 0) is 6.42 Å². The number of nitrogens with zero attached hydrogens (tertiary/aromatic N) is 2. The van der Waals surface area contributed by atoms with Gasteiger partial charge in [0.2, 0.25) is 0 Å². The highest BCUT2D eigenvalue weighted by atomic mass is 16.6. The summed E-state index contributed by atoms with van der Waals surface area (Å²) in [4.78, 5) is 17.0. The molecule has 1 heterocycles. The predicted octanol–water partition coefficient (Wildman–Crippen LogP) is 5.45. The summed E-state index contributed by atoms with van der Waals surface area (Å²) in [7, 11) is 4.23. The van der Waals surface area contributed by atoms with Gasteiger partial charge >= 0.3 is 6.09 Å². The van der Waals surface area contributed by atoms with Crippen molar-refractivity contribution in [3.8, 4) is 5.75 Å². The van der Waals surface area contributed by atoms with Crippen molar-refractivity contribution < 1.29 is 14.6 Å². The lowest BCUT2D eigenvalue weighted by Gasteiger charge is -2.53. The number of amides is 1. The van der Waals surface area contributed by atoms with Gasteiger partial charge in [-0.15, -0.1) is 0 Å². The van der Waals surface area contributed by atoms with Gasteiger partial charge in [-0.25, -0.2) is 4.79 Å². The second-order valence-corrected chi connectivity index (χ2v) is 12.1. The van der Waals surface area contributed by atoms with Crippen molar-refractivity contribution in [2.24, 2.45) is 23.2 Å². The molecule has 1 aromatic rings. The predicted molar refractivity (Wildman–Crippen MR) is 135 cm³/mol. The van der Waals surface area contributed by atoms with Crippen molar-refractivity contribution in [1.82, 2.24) is 9.80 Å². The van der Waals surface area contributed by atoms with Gasteiger partial charge < -0.3 is 19.6 Å². The van der Waals surface area contributed by atoms with Crippen LogP contribution in [0.4, 0.5) is 4.79 Å². The molecule has 0 spiro atoms. The summed E-state index contributed by atoms with van der Waals surface area (Å²) >= 11 is 0. The van der Waals surface area contributed by atoms with Crippen molar-refractivity contribution in [3.05, 3.63) is 29.3 Å². The zero-order valence-electron chi connectivity index (χ0n) is 21.6. The van der Waals surface area contributed by atoms with Gasteiger partial charge in [-0.2, -0.15) is 0 Å². The summed E-state index contributed by atoms with van der Waals surface area (Å²) in [6.07, 6.45) is 9.63. The maximum atomic E-state index is 12.9. The molecule has 0 aromatic heterocycles. The average molecular weight is 469 g/mol. The number of fused-ring (bicyclic) bond motifs is 5. The van der Waals surface area contributed by atoms with Crippen molar-refractivity contribution in [2.75, 3.05) is 27.2 Å². The second-order valence-electron chi connectivity index (χ2n) is 12.1. The Balaban J connectivity index is 1.33. The van der Waals surface area contributed by atoms with Crippen molar-refractivity contribution in [2.45, 2.75) is 89.7 Å². The Labute approximate surface area is 205 Å². The number of benzene rings is 1. The van der Waals surface area contributed by atoms with Crippen molar-refractivity contribution >= 4 is 6.09 Å². The molecule has 2 saturated carbocycles. The van der Waals surface area contributed by atoms with Crippen LogP contribution in [0.25, 0.3) is 0 Å². The minimum atomic E-state index is -0.204. The van der Waals surface area contributed by atoms with Gasteiger partial charge in [-0.3, -0.25) is 0 Å². The highest BCUT2D eigenvalue weighted by Gasteiger charge is 2.56. The summed E-state index contributed by atoms with van der Waals surface area (Å²) in [5.74, 6) is 3.25. The van der Waals surface area contributed by atoms with Crippen LogP contribution in [0.15, 0.2) is 18.2 Å². The first-order valence-electron chi connectivity index (χ1n) is 13.8. The zero-order valence-corrected chi connectivity index (χ0v) is 21.6. The zero-order chi connectivity index (χ0) is 24.0. The van der Waals surface area contributed by atoms with Crippen LogP contribution in [0.3, 0.4) is 0 Å². The lowest BCUT2D eigenvalue weighted by atomic mass is 9.52. The van der Waals surface area contributed by atoms with E-state index in [4.69, 9.17) is 4.74 Å². The van der Waals surface area contributed by atoms with E-state index in [1.807, 2.05) is 11.0 Å². The lowest BCUT2D eigenvalue weighted by Crippen LogP contribution is -2.47. The number of likely N-dealkylation sites (tertiary alicyclic amines) is 1. The number of rotatable bonds is 4. The lowest BCUT2D eigenvalue weighted by molar-refractivity contribution is -0.0394. The van der Waals surface area contributed by atoms with Gasteiger partial charge in [0.1, 0.15) is 5.75 Å². The quantitative estimate of drug-likeness (QED) is 0.638. The van der Waals surface area contributed by atoms with Gasteiger partial charge in [0.05, 0.1) is 6.10 Å². The monoisotopic (exact) mass is 468 g/mol. The van der Waals surface area contributed by atoms with E-state index in [1.54, 1.807) is 0 Å². The minimum absolute atomic E-state index is 0.0974. The maximum absolute atomic E-state index is 12.9. The largest absolute Gasteiger partial charge is 0.415 e. The van der Waals surface area contributed by atoms with Gasteiger partial charge in [0.25, 0.3) is 0 Å². The Morgan fingerprint density at radius 1 is 1.18 bits per heavy atom. The van der Waals surface area contributed by atoms with Gasteiger partial charge in [0.15, 0.2) is 0 Å². The maximum Gasteiger partial charge on any atom is 0.415 e. The normalized spacial score (nSPS) is 35.6. The van der Waals surface area contributed by atoms with Crippen LogP contribution in [0.2, 0.25) is 0 Å². The van der Waals surface area contributed by atoms with Crippen LogP contribution in [0.5, 0.6) is 5.75 Å². The first kappa shape index (κ1) is 24.1. The number of ether oxygens (including phenoxy) is 1. The van der Waals surface area contributed by atoms with E-state index in [1.165, 1.54) is 36.8 Å². The number of piperidine rings is 1. The van der Waals surface area contributed by atoms with E-state index in [9.17, 15) is 9.90 Å². The molecule has 188 valence electrons. The number of carbonyl (C=O) groups is 1. The number of carbonyl (C=O) groups excluding carboxylic acids is 1. The highest BCUT2D eigenvalue weighted by Crippen LogP contribution is 2.62. The van der Waals surface area contributed by atoms with E-state index in [2.05, 4.69) is 45.0 Å². The molecule has 1 amide bonds. The molecule has 1 N–H and O–H groups in total. The molecule has 3 fully saturated rings. The average Bonchev–Trinajstić information content (AvgIpc) is 3.13. The summed E-state index contributed by atoms with van der Waals surface area (Å²) in [6.45, 7) is 6.18. The summed E-state index contributed by atoms with van der Waals surface area (Å²) in [5.41, 5.74) is 2.96. The fourth-order valence-electron chi connectivity index (χ4n) is 8.19. The smallest absolute Gasteiger partial charge is 0.410 e. The molecule has 0 unspecified atom stereocenters. The molecule has 1 aliphatic heterocycles. The van der Waals surface area contributed by atoms with Crippen molar-refractivity contribution in [1.29, 1.82) is 0 Å². The van der Waals surface area contributed by atoms with Crippen LogP contribution >= 0.6 is 0 Å². The molecular formula is C29H44N2O3. The van der Waals surface area contributed by atoms with Crippen molar-refractivity contribution in [3.63, 3.8) is 0 Å². The molecule has 5 heteroatoms. The second kappa shape index (κ2) is 9.46. The number of aliphatic hydroxyl groups excluding tert-OH is 1. The third kappa shape index (κ3) is 4.17. The first-order chi connectivity index (χ1) is 16.3. The number of hydrogen-bond acceptors (Lipinski definition) is 4. The van der Waals surface area contributed by atoms with Crippen LogP contribution in [-0.4, -0.2) is 60.3 Å². The molecule has 5 rings (SSSR count). The Kier molecular flexibility index (Phi) is 6.71. The van der Waals surface area contributed by atoms with Crippen LogP contribution < -0.4 is 4.74 Å². The van der Waals surface area contributed by atoms with E-state index in [0.29, 0.717) is 35.5 Å². The molecule has 6 atom stereocenters. The third-order valence-corrected chi connectivity index (χ3v) is 10.1. The fraction of sp³-hybridized carbons (Fsp3) is 0.759. The Hall–Kier alpha value is -1.59. The van der Waals surface area contributed by atoms with Gasteiger partial charge in [-0.05, 0) is 111 Å². The highest BCUT2D eigenvalue weighted by molar-refractivity contribution is 5.71. The molecule has 5 nitrogen and oxygen atoms in total.